The van der Waals surface area contributed by atoms with Crippen molar-refractivity contribution < 1.29 is 18.7 Å². The third-order valence-electron chi connectivity index (χ3n) is 7.15. The van der Waals surface area contributed by atoms with Gasteiger partial charge in [0.1, 0.15) is 11.3 Å². The van der Waals surface area contributed by atoms with Crippen LogP contribution in [-0.4, -0.2) is 61.7 Å². The molecule has 3 heterocycles. The molecule has 2 aromatic carbocycles. The van der Waals surface area contributed by atoms with E-state index in [4.69, 9.17) is 25.5 Å². The lowest BCUT2D eigenvalue weighted by atomic mass is 9.98. The Morgan fingerprint density at radius 1 is 1.00 bits per heavy atom. The Bertz CT molecular complexity index is 1300. The van der Waals surface area contributed by atoms with Gasteiger partial charge in [-0.05, 0) is 42.3 Å². The van der Waals surface area contributed by atoms with E-state index in [1.807, 2.05) is 24.3 Å². The second-order valence-electron chi connectivity index (χ2n) is 9.65. The fourth-order valence-corrected chi connectivity index (χ4v) is 5.28. The van der Waals surface area contributed by atoms with Crippen molar-refractivity contribution in [2.24, 2.45) is 0 Å². The average Bonchev–Trinajstić information content (AvgIpc) is 3.20. The molecule has 2 aliphatic rings. The van der Waals surface area contributed by atoms with Crippen molar-refractivity contribution in [1.82, 2.24) is 9.80 Å². The summed E-state index contributed by atoms with van der Waals surface area (Å²) in [5.74, 6) is 0.628. The number of morpholine rings is 1. The van der Waals surface area contributed by atoms with Gasteiger partial charge in [-0.15, -0.1) is 0 Å². The fraction of sp³-hybridized carbons (Fsp3) is 0.448. The summed E-state index contributed by atoms with van der Waals surface area (Å²) in [5.41, 5.74) is 1.36. The van der Waals surface area contributed by atoms with E-state index in [2.05, 4.69) is 11.8 Å². The summed E-state index contributed by atoms with van der Waals surface area (Å²) >= 11 is 6.19. The Hall–Kier alpha value is -2.87. The van der Waals surface area contributed by atoms with Gasteiger partial charge in [0.25, 0.3) is 5.91 Å². The first kappa shape index (κ1) is 25.8. The van der Waals surface area contributed by atoms with E-state index in [0.717, 1.165) is 37.2 Å². The molecule has 5 rings (SSSR count). The van der Waals surface area contributed by atoms with E-state index in [9.17, 15) is 9.59 Å². The van der Waals surface area contributed by atoms with Crippen LogP contribution in [0.5, 0.6) is 5.75 Å². The molecule has 1 aromatic heterocycles. The Labute approximate surface area is 221 Å². The first-order valence-corrected chi connectivity index (χ1v) is 13.5. The molecule has 0 N–H and O–H groups in total. The minimum absolute atomic E-state index is 0.114. The van der Waals surface area contributed by atoms with Crippen molar-refractivity contribution >= 4 is 28.5 Å². The number of ether oxygens (including phenoxy) is 2. The highest BCUT2D eigenvalue weighted by Crippen LogP contribution is 2.38. The summed E-state index contributed by atoms with van der Waals surface area (Å²) in [4.78, 5) is 31.3. The van der Waals surface area contributed by atoms with Gasteiger partial charge in [-0.25, -0.2) is 0 Å². The molecular formula is C29H33ClN2O5. The van der Waals surface area contributed by atoms with Crippen LogP contribution in [0.2, 0.25) is 5.02 Å². The zero-order chi connectivity index (χ0) is 25.8. The Morgan fingerprint density at radius 2 is 1.78 bits per heavy atom. The Morgan fingerprint density at radius 3 is 2.54 bits per heavy atom. The first-order valence-electron chi connectivity index (χ1n) is 13.2. The van der Waals surface area contributed by atoms with Crippen LogP contribution in [0.4, 0.5) is 0 Å². The van der Waals surface area contributed by atoms with Gasteiger partial charge in [0.15, 0.2) is 5.43 Å². The molecule has 0 saturated carbocycles. The number of hydrogen-bond donors (Lipinski definition) is 0. The van der Waals surface area contributed by atoms with Crippen molar-refractivity contribution in [2.75, 3.05) is 46.0 Å². The number of benzene rings is 2. The molecule has 1 unspecified atom stereocenters. The molecule has 3 aromatic rings. The third-order valence-corrected chi connectivity index (χ3v) is 7.39. The van der Waals surface area contributed by atoms with Crippen molar-refractivity contribution in [2.45, 2.75) is 38.6 Å². The Kier molecular flexibility index (Phi) is 8.13. The van der Waals surface area contributed by atoms with Crippen molar-refractivity contribution in [1.29, 1.82) is 0 Å². The summed E-state index contributed by atoms with van der Waals surface area (Å²) in [6.45, 7) is 7.04. The molecule has 0 bridgehead atoms. The minimum Gasteiger partial charge on any atom is -0.494 e. The summed E-state index contributed by atoms with van der Waals surface area (Å²) in [6, 6.07) is 12.1. The molecule has 1 saturated heterocycles. The van der Waals surface area contributed by atoms with Gasteiger partial charge < -0.3 is 18.8 Å². The van der Waals surface area contributed by atoms with E-state index < -0.39 is 6.04 Å². The van der Waals surface area contributed by atoms with Crippen LogP contribution in [0.3, 0.4) is 0 Å². The number of unbranched alkanes of at least 4 members (excludes halogenated alkanes) is 3. The normalized spacial score (nSPS) is 17.9. The predicted octanol–water partition coefficient (Wildman–Crippen LogP) is 5.28. The zero-order valence-corrected chi connectivity index (χ0v) is 22.0. The van der Waals surface area contributed by atoms with Gasteiger partial charge in [0, 0.05) is 31.2 Å². The van der Waals surface area contributed by atoms with Gasteiger partial charge in [-0.1, -0.05) is 49.9 Å². The summed E-state index contributed by atoms with van der Waals surface area (Å²) in [7, 11) is 0. The average molecular weight is 525 g/mol. The largest absolute Gasteiger partial charge is 0.494 e. The van der Waals surface area contributed by atoms with E-state index in [-0.39, 0.29) is 17.1 Å². The lowest BCUT2D eigenvalue weighted by Crippen LogP contribution is -2.42. The fourth-order valence-electron chi connectivity index (χ4n) is 5.11. The van der Waals surface area contributed by atoms with E-state index >= 15 is 0 Å². The summed E-state index contributed by atoms with van der Waals surface area (Å²) in [5, 5.41) is 0.830. The number of carbonyl (C=O) groups excluding carboxylic acids is 1. The van der Waals surface area contributed by atoms with Crippen LogP contribution in [-0.2, 0) is 4.74 Å². The molecule has 2 aliphatic heterocycles. The number of hydrogen-bond acceptors (Lipinski definition) is 6. The van der Waals surface area contributed by atoms with Gasteiger partial charge in [-0.3, -0.25) is 14.5 Å². The quantitative estimate of drug-likeness (QED) is 0.336. The van der Waals surface area contributed by atoms with Crippen molar-refractivity contribution in [3.8, 4) is 5.75 Å². The second-order valence-corrected chi connectivity index (χ2v) is 10.1. The molecule has 1 amide bonds. The SMILES string of the molecule is CCCCCCOc1ccc(C2c3c(oc4ccc(Cl)cc4c3=O)C(=O)N2CCN2CCOCC2)cc1. The van der Waals surface area contributed by atoms with Crippen LogP contribution in [0.15, 0.2) is 51.7 Å². The first-order chi connectivity index (χ1) is 18.1. The highest BCUT2D eigenvalue weighted by atomic mass is 35.5. The molecule has 0 spiro atoms. The monoisotopic (exact) mass is 524 g/mol. The van der Waals surface area contributed by atoms with Crippen molar-refractivity contribution in [3.05, 3.63) is 74.6 Å². The molecule has 1 fully saturated rings. The highest BCUT2D eigenvalue weighted by Gasteiger charge is 2.42. The molecular weight excluding hydrogens is 492 g/mol. The van der Waals surface area contributed by atoms with E-state index in [1.165, 1.54) is 12.8 Å². The molecule has 8 heteroatoms. The van der Waals surface area contributed by atoms with Gasteiger partial charge in [-0.2, -0.15) is 0 Å². The van der Waals surface area contributed by atoms with Gasteiger partial charge in [0.05, 0.1) is 36.8 Å². The van der Waals surface area contributed by atoms with Crippen LogP contribution < -0.4 is 10.2 Å². The standard InChI is InChI=1S/C29H33ClN2O5/c1-2-3-4-5-16-36-22-9-6-20(7-10-22)26-25-27(33)23-19-21(30)8-11-24(23)37-28(25)29(34)32(26)13-12-31-14-17-35-18-15-31/h6-11,19,26H,2-5,12-18H2,1H3. The lowest BCUT2D eigenvalue weighted by molar-refractivity contribution is 0.0314. The molecule has 196 valence electrons. The van der Waals surface area contributed by atoms with E-state index in [0.29, 0.717) is 54.5 Å². The number of nitrogens with zero attached hydrogens (tertiary/aromatic N) is 2. The smallest absolute Gasteiger partial charge is 0.290 e. The maximum atomic E-state index is 13.7. The van der Waals surface area contributed by atoms with Gasteiger partial charge >= 0.3 is 0 Å². The predicted molar refractivity (Wildman–Crippen MR) is 144 cm³/mol. The van der Waals surface area contributed by atoms with Crippen LogP contribution in [0, 0.1) is 0 Å². The minimum atomic E-state index is -0.540. The molecule has 0 aliphatic carbocycles. The Balaban J connectivity index is 1.45. The lowest BCUT2D eigenvalue weighted by Gasteiger charge is -2.31. The molecule has 0 radical (unpaired) electrons. The molecule has 37 heavy (non-hydrogen) atoms. The summed E-state index contributed by atoms with van der Waals surface area (Å²) < 4.78 is 17.4. The number of rotatable bonds is 10. The van der Waals surface area contributed by atoms with Crippen LogP contribution in [0.25, 0.3) is 11.0 Å². The van der Waals surface area contributed by atoms with Crippen LogP contribution >= 0.6 is 11.6 Å². The highest BCUT2D eigenvalue weighted by molar-refractivity contribution is 6.31. The zero-order valence-electron chi connectivity index (χ0n) is 21.2. The number of carbonyl (C=O) groups is 1. The molecule has 1 atom stereocenters. The summed E-state index contributed by atoms with van der Waals surface area (Å²) in [6.07, 6.45) is 4.57. The van der Waals surface area contributed by atoms with E-state index in [1.54, 1.807) is 23.1 Å². The molecule has 7 nitrogen and oxygen atoms in total. The number of amides is 1. The maximum absolute atomic E-state index is 13.7. The third kappa shape index (κ3) is 5.54. The van der Waals surface area contributed by atoms with Crippen LogP contribution in [0.1, 0.15) is 60.3 Å². The number of fused-ring (bicyclic) bond motifs is 2. The topological polar surface area (TPSA) is 72.2 Å². The maximum Gasteiger partial charge on any atom is 0.290 e. The second kappa shape index (κ2) is 11.7. The van der Waals surface area contributed by atoms with Gasteiger partial charge in [0.2, 0.25) is 5.76 Å². The van der Waals surface area contributed by atoms with Crippen molar-refractivity contribution in [3.63, 3.8) is 0 Å². The number of halogens is 1.